The summed E-state index contributed by atoms with van der Waals surface area (Å²) in [5.41, 5.74) is 0.217. The average Bonchev–Trinajstić information content (AvgIpc) is 2.60. The molecule has 1 saturated heterocycles. The van der Waals surface area contributed by atoms with Crippen LogP contribution in [0.5, 0.6) is 0 Å². The molecule has 6 heteroatoms. The van der Waals surface area contributed by atoms with E-state index in [0.717, 1.165) is 0 Å². The van der Waals surface area contributed by atoms with Crippen LogP contribution in [0.15, 0.2) is 12.3 Å². The van der Waals surface area contributed by atoms with Gasteiger partial charge in [-0.3, -0.25) is 14.5 Å². The lowest BCUT2D eigenvalue weighted by molar-refractivity contribution is -0.125. The highest BCUT2D eigenvalue weighted by Crippen LogP contribution is 2.24. The van der Waals surface area contributed by atoms with Crippen molar-refractivity contribution in [3.05, 3.63) is 28.0 Å². The zero-order valence-electron chi connectivity index (χ0n) is 9.11. The minimum Gasteiger partial charge on any atom is -0.278 e. The SMILES string of the molecule is CC1CC(=O)N(C(=O)c2cc(Cl)ncc2Cl)C1. The lowest BCUT2D eigenvalue weighted by atomic mass is 10.2. The first-order valence-corrected chi connectivity index (χ1v) is 5.90. The van der Waals surface area contributed by atoms with Crippen LogP contribution in [0.25, 0.3) is 0 Å². The van der Waals surface area contributed by atoms with Crippen LogP contribution in [0, 0.1) is 5.92 Å². The van der Waals surface area contributed by atoms with Crippen molar-refractivity contribution < 1.29 is 9.59 Å². The largest absolute Gasteiger partial charge is 0.278 e. The molecule has 2 heterocycles. The number of halogens is 2. The van der Waals surface area contributed by atoms with E-state index in [1.54, 1.807) is 0 Å². The monoisotopic (exact) mass is 272 g/mol. The molecule has 1 aromatic heterocycles. The van der Waals surface area contributed by atoms with Crippen LogP contribution < -0.4 is 0 Å². The number of likely N-dealkylation sites (tertiary alicyclic amines) is 1. The minimum atomic E-state index is -0.409. The first-order chi connectivity index (χ1) is 7.99. The summed E-state index contributed by atoms with van der Waals surface area (Å²) >= 11 is 11.6. The number of carbonyl (C=O) groups is 2. The maximum Gasteiger partial charge on any atom is 0.262 e. The summed E-state index contributed by atoms with van der Waals surface area (Å²) in [6.45, 7) is 2.35. The van der Waals surface area contributed by atoms with Crippen LogP contribution in [0.3, 0.4) is 0 Å². The van der Waals surface area contributed by atoms with Crippen LogP contribution in [0.2, 0.25) is 10.2 Å². The predicted octanol–water partition coefficient (Wildman–Crippen LogP) is 2.40. The van der Waals surface area contributed by atoms with E-state index in [-0.39, 0.29) is 27.6 Å². The number of amides is 2. The summed E-state index contributed by atoms with van der Waals surface area (Å²) in [4.78, 5) is 28.7. The fraction of sp³-hybridized carbons (Fsp3) is 0.364. The molecule has 90 valence electrons. The van der Waals surface area contributed by atoms with Gasteiger partial charge in [-0.2, -0.15) is 0 Å². The van der Waals surface area contributed by atoms with Crippen molar-refractivity contribution in [1.29, 1.82) is 0 Å². The first-order valence-electron chi connectivity index (χ1n) is 5.14. The summed E-state index contributed by atoms with van der Waals surface area (Å²) in [6.07, 6.45) is 1.70. The average molecular weight is 273 g/mol. The van der Waals surface area contributed by atoms with Gasteiger partial charge in [0, 0.05) is 19.2 Å². The number of hydrogen-bond acceptors (Lipinski definition) is 3. The molecule has 1 unspecified atom stereocenters. The Bertz CT molecular complexity index is 490. The molecule has 1 atom stereocenters. The van der Waals surface area contributed by atoms with Crippen LogP contribution in [0.1, 0.15) is 23.7 Å². The van der Waals surface area contributed by atoms with Gasteiger partial charge in [0.25, 0.3) is 5.91 Å². The van der Waals surface area contributed by atoms with Crippen molar-refractivity contribution in [3.63, 3.8) is 0 Å². The predicted molar refractivity (Wildman–Crippen MR) is 64.1 cm³/mol. The molecule has 2 amide bonds. The van der Waals surface area contributed by atoms with Gasteiger partial charge in [-0.25, -0.2) is 4.98 Å². The van der Waals surface area contributed by atoms with Crippen molar-refractivity contribution in [3.8, 4) is 0 Å². The zero-order valence-corrected chi connectivity index (χ0v) is 10.6. The van der Waals surface area contributed by atoms with Crippen LogP contribution in [0.4, 0.5) is 0 Å². The number of nitrogens with zero attached hydrogens (tertiary/aromatic N) is 2. The number of aromatic nitrogens is 1. The van der Waals surface area contributed by atoms with Gasteiger partial charge in [0.05, 0.1) is 10.6 Å². The second kappa shape index (κ2) is 4.63. The van der Waals surface area contributed by atoms with Crippen LogP contribution >= 0.6 is 23.2 Å². The molecule has 1 aliphatic heterocycles. The Balaban J connectivity index is 2.31. The lowest BCUT2D eigenvalue weighted by Gasteiger charge is -2.14. The van der Waals surface area contributed by atoms with E-state index in [2.05, 4.69) is 4.98 Å². The smallest absolute Gasteiger partial charge is 0.262 e. The molecule has 4 nitrogen and oxygen atoms in total. The number of rotatable bonds is 1. The summed E-state index contributed by atoms with van der Waals surface area (Å²) in [5, 5.41) is 0.379. The van der Waals surface area contributed by atoms with Crippen molar-refractivity contribution in [2.45, 2.75) is 13.3 Å². The second-order valence-electron chi connectivity index (χ2n) is 4.11. The molecule has 0 aromatic carbocycles. The van der Waals surface area contributed by atoms with Gasteiger partial charge in [0.1, 0.15) is 5.15 Å². The molecule has 0 saturated carbocycles. The fourth-order valence-corrected chi connectivity index (χ4v) is 2.15. The number of hydrogen-bond donors (Lipinski definition) is 0. The van der Waals surface area contributed by atoms with E-state index in [0.29, 0.717) is 13.0 Å². The number of imide groups is 1. The number of carbonyl (C=O) groups excluding carboxylic acids is 2. The molecule has 0 N–H and O–H groups in total. The van der Waals surface area contributed by atoms with Gasteiger partial charge in [0.15, 0.2) is 0 Å². The van der Waals surface area contributed by atoms with Gasteiger partial charge in [-0.1, -0.05) is 30.1 Å². The Labute approximate surface area is 109 Å². The maximum atomic E-state index is 12.1. The van der Waals surface area contributed by atoms with Gasteiger partial charge in [-0.05, 0) is 12.0 Å². The normalized spacial score (nSPS) is 19.8. The van der Waals surface area contributed by atoms with E-state index in [1.165, 1.54) is 17.2 Å². The Hall–Kier alpha value is -1.13. The van der Waals surface area contributed by atoms with Gasteiger partial charge in [0.2, 0.25) is 5.91 Å². The third-order valence-electron chi connectivity index (χ3n) is 2.62. The highest BCUT2D eigenvalue weighted by Gasteiger charge is 2.32. The minimum absolute atomic E-state index is 0.175. The lowest BCUT2D eigenvalue weighted by Crippen LogP contribution is -2.32. The molecular formula is C11H10Cl2N2O2. The maximum absolute atomic E-state index is 12.1. The summed E-state index contributed by atoms with van der Waals surface area (Å²) in [5.74, 6) is -0.400. The van der Waals surface area contributed by atoms with Crippen molar-refractivity contribution in [1.82, 2.24) is 9.88 Å². The molecule has 0 aliphatic carbocycles. The van der Waals surface area contributed by atoms with Gasteiger partial charge in [-0.15, -0.1) is 0 Å². The van der Waals surface area contributed by atoms with Crippen molar-refractivity contribution in [2.75, 3.05) is 6.54 Å². The zero-order chi connectivity index (χ0) is 12.6. The first kappa shape index (κ1) is 12.3. The Morgan fingerprint density at radius 1 is 1.53 bits per heavy atom. The van der Waals surface area contributed by atoms with E-state index < -0.39 is 5.91 Å². The molecule has 17 heavy (non-hydrogen) atoms. The highest BCUT2D eigenvalue weighted by molar-refractivity contribution is 6.35. The fourth-order valence-electron chi connectivity index (χ4n) is 1.80. The van der Waals surface area contributed by atoms with Gasteiger partial charge >= 0.3 is 0 Å². The Morgan fingerprint density at radius 2 is 2.24 bits per heavy atom. The third-order valence-corrected chi connectivity index (χ3v) is 3.12. The van der Waals surface area contributed by atoms with E-state index in [9.17, 15) is 9.59 Å². The molecule has 1 aromatic rings. The molecule has 1 aliphatic rings. The van der Waals surface area contributed by atoms with E-state index >= 15 is 0 Å². The summed E-state index contributed by atoms with van der Waals surface area (Å²) in [6, 6.07) is 1.38. The van der Waals surface area contributed by atoms with Crippen LogP contribution in [-0.4, -0.2) is 28.2 Å². The second-order valence-corrected chi connectivity index (χ2v) is 4.90. The van der Waals surface area contributed by atoms with Crippen LogP contribution in [-0.2, 0) is 4.79 Å². The summed E-state index contributed by atoms with van der Waals surface area (Å²) < 4.78 is 0. The number of pyridine rings is 1. The van der Waals surface area contributed by atoms with Crippen molar-refractivity contribution in [2.24, 2.45) is 5.92 Å². The standard InChI is InChI=1S/C11H10Cl2N2O2/c1-6-2-10(16)15(5-6)11(17)7-3-9(13)14-4-8(7)12/h3-4,6H,2,5H2,1H3. The van der Waals surface area contributed by atoms with Gasteiger partial charge < -0.3 is 0 Å². The molecule has 0 bridgehead atoms. The third kappa shape index (κ3) is 2.42. The van der Waals surface area contributed by atoms with E-state index in [1.807, 2.05) is 6.92 Å². The Kier molecular flexibility index (Phi) is 3.35. The molecule has 0 radical (unpaired) electrons. The van der Waals surface area contributed by atoms with Crippen molar-refractivity contribution >= 4 is 35.0 Å². The molecule has 0 spiro atoms. The molecular weight excluding hydrogens is 263 g/mol. The van der Waals surface area contributed by atoms with E-state index in [4.69, 9.17) is 23.2 Å². The topological polar surface area (TPSA) is 50.3 Å². The molecule has 1 fully saturated rings. The Morgan fingerprint density at radius 3 is 2.82 bits per heavy atom. The quantitative estimate of drug-likeness (QED) is 0.583. The summed E-state index contributed by atoms with van der Waals surface area (Å²) in [7, 11) is 0. The molecule has 2 rings (SSSR count). The highest BCUT2D eigenvalue weighted by atomic mass is 35.5.